The first kappa shape index (κ1) is 28.8. The molecule has 4 atom stereocenters. The number of aromatic amines is 1. The van der Waals surface area contributed by atoms with Crippen molar-refractivity contribution in [3.05, 3.63) is 54.1 Å². The molecule has 3 amide bonds. The first-order valence-corrected chi connectivity index (χ1v) is 12.6. The number of imidazole rings is 1. The Bertz CT molecular complexity index is 990. The van der Waals surface area contributed by atoms with Gasteiger partial charge in [0.2, 0.25) is 17.7 Å². The number of aliphatic hydroxyl groups excluding tert-OH is 1. The average Bonchev–Trinajstić information content (AvgIpc) is 3.38. The maximum atomic E-state index is 13.1. The highest BCUT2D eigenvalue weighted by molar-refractivity contribution is 7.98. The summed E-state index contributed by atoms with van der Waals surface area (Å²) in [5.41, 5.74) is 7.04. The minimum Gasteiger partial charge on any atom is -0.480 e. The van der Waals surface area contributed by atoms with Crippen molar-refractivity contribution < 1.29 is 29.4 Å². The molecule has 8 N–H and O–H groups in total. The SMILES string of the molecule is CSCCC(N)C(=O)NC(CO)C(=O)NC(Cc1cnc[nH]1)C(=O)NC(Cc1ccccc1)C(=O)O. The van der Waals surface area contributed by atoms with Crippen molar-refractivity contribution in [2.75, 3.05) is 18.6 Å². The van der Waals surface area contributed by atoms with E-state index < -0.39 is 54.5 Å². The van der Waals surface area contributed by atoms with E-state index >= 15 is 0 Å². The Hall–Kier alpha value is -3.42. The Labute approximate surface area is 212 Å². The molecule has 13 heteroatoms. The number of hydrogen-bond acceptors (Lipinski definition) is 8. The predicted molar refractivity (Wildman–Crippen MR) is 134 cm³/mol. The largest absolute Gasteiger partial charge is 0.480 e. The number of amides is 3. The van der Waals surface area contributed by atoms with Gasteiger partial charge in [0.05, 0.1) is 19.0 Å². The second-order valence-corrected chi connectivity index (χ2v) is 9.05. The van der Waals surface area contributed by atoms with Crippen LogP contribution in [0.2, 0.25) is 0 Å². The Morgan fingerprint density at radius 1 is 1.00 bits per heavy atom. The van der Waals surface area contributed by atoms with Crippen LogP contribution in [0.3, 0.4) is 0 Å². The number of carboxylic acid groups (broad SMARTS) is 1. The molecule has 2 rings (SSSR count). The smallest absolute Gasteiger partial charge is 0.326 e. The fraction of sp³-hybridized carbons (Fsp3) is 0.435. The van der Waals surface area contributed by atoms with Gasteiger partial charge in [-0.2, -0.15) is 11.8 Å². The molecule has 0 aliphatic rings. The minimum atomic E-state index is -1.35. The number of benzene rings is 1. The number of carbonyl (C=O) groups excluding carboxylic acids is 3. The molecule has 0 aliphatic carbocycles. The van der Waals surface area contributed by atoms with Gasteiger partial charge in [-0.05, 0) is 24.0 Å². The van der Waals surface area contributed by atoms with Crippen LogP contribution in [-0.4, -0.2) is 86.7 Å². The van der Waals surface area contributed by atoms with E-state index in [1.165, 1.54) is 24.3 Å². The molecule has 0 radical (unpaired) electrons. The van der Waals surface area contributed by atoms with E-state index in [9.17, 15) is 29.4 Å². The number of rotatable bonds is 15. The molecule has 1 heterocycles. The zero-order valence-electron chi connectivity index (χ0n) is 19.8. The summed E-state index contributed by atoms with van der Waals surface area (Å²) in [7, 11) is 0. The Balaban J connectivity index is 2.12. The zero-order valence-corrected chi connectivity index (χ0v) is 20.7. The van der Waals surface area contributed by atoms with Gasteiger partial charge in [-0.1, -0.05) is 30.3 Å². The fourth-order valence-corrected chi connectivity index (χ4v) is 3.76. The highest BCUT2D eigenvalue weighted by Gasteiger charge is 2.30. The fourth-order valence-electron chi connectivity index (χ4n) is 3.27. The number of thioether (sulfide) groups is 1. The van der Waals surface area contributed by atoms with E-state index in [4.69, 9.17) is 5.73 Å². The molecule has 0 spiro atoms. The molecule has 2 aromatic rings. The zero-order chi connectivity index (χ0) is 26.5. The van der Waals surface area contributed by atoms with Crippen LogP contribution in [0.1, 0.15) is 17.7 Å². The lowest BCUT2D eigenvalue weighted by atomic mass is 10.0. The Morgan fingerprint density at radius 3 is 2.22 bits per heavy atom. The van der Waals surface area contributed by atoms with Crippen molar-refractivity contribution in [2.45, 2.75) is 43.4 Å². The summed E-state index contributed by atoms with van der Waals surface area (Å²) in [6.07, 6.45) is 5.11. The Morgan fingerprint density at radius 2 is 1.64 bits per heavy atom. The van der Waals surface area contributed by atoms with Crippen molar-refractivity contribution in [1.82, 2.24) is 25.9 Å². The van der Waals surface area contributed by atoms with Gasteiger partial charge in [-0.15, -0.1) is 0 Å². The van der Waals surface area contributed by atoms with Gasteiger partial charge in [0.25, 0.3) is 0 Å². The number of hydrogen-bond donors (Lipinski definition) is 7. The summed E-state index contributed by atoms with van der Waals surface area (Å²) < 4.78 is 0. The molecule has 0 saturated heterocycles. The van der Waals surface area contributed by atoms with Crippen LogP contribution in [-0.2, 0) is 32.0 Å². The summed E-state index contributed by atoms with van der Waals surface area (Å²) >= 11 is 1.52. The number of carboxylic acids is 1. The Kier molecular flexibility index (Phi) is 11.9. The van der Waals surface area contributed by atoms with Gasteiger partial charge in [-0.3, -0.25) is 14.4 Å². The van der Waals surface area contributed by atoms with E-state index in [1.807, 2.05) is 6.26 Å². The lowest BCUT2D eigenvalue weighted by molar-refractivity contribution is -0.142. The average molecular weight is 521 g/mol. The number of carbonyl (C=O) groups is 4. The normalized spacial score (nSPS) is 14.2. The summed E-state index contributed by atoms with van der Waals surface area (Å²) in [6, 6.07) is 4.11. The lowest BCUT2D eigenvalue weighted by Gasteiger charge is -2.24. The van der Waals surface area contributed by atoms with Gasteiger partial charge in [0.1, 0.15) is 18.1 Å². The van der Waals surface area contributed by atoms with Crippen LogP contribution < -0.4 is 21.7 Å². The molecule has 1 aromatic carbocycles. The first-order chi connectivity index (χ1) is 17.2. The molecular formula is C23H32N6O6S. The van der Waals surface area contributed by atoms with Gasteiger partial charge in [0, 0.05) is 24.7 Å². The summed E-state index contributed by atoms with van der Waals surface area (Å²) in [6.45, 7) is -0.725. The van der Waals surface area contributed by atoms with Gasteiger partial charge >= 0.3 is 5.97 Å². The minimum absolute atomic E-state index is 0.0332. The monoisotopic (exact) mass is 520 g/mol. The summed E-state index contributed by atoms with van der Waals surface area (Å²) in [5, 5.41) is 26.7. The van der Waals surface area contributed by atoms with Crippen molar-refractivity contribution in [3.8, 4) is 0 Å². The van der Waals surface area contributed by atoms with E-state index in [-0.39, 0.29) is 12.8 Å². The number of nitrogens with one attached hydrogen (secondary N) is 4. The highest BCUT2D eigenvalue weighted by atomic mass is 32.2. The van der Waals surface area contributed by atoms with Crippen LogP contribution in [0.5, 0.6) is 0 Å². The van der Waals surface area contributed by atoms with Crippen molar-refractivity contribution in [2.24, 2.45) is 5.73 Å². The third kappa shape index (κ3) is 9.32. The highest BCUT2D eigenvalue weighted by Crippen LogP contribution is 2.06. The lowest BCUT2D eigenvalue weighted by Crippen LogP contribution is -2.58. The molecular weight excluding hydrogens is 488 g/mol. The molecule has 0 aliphatic heterocycles. The maximum absolute atomic E-state index is 13.1. The quantitative estimate of drug-likeness (QED) is 0.151. The number of aliphatic hydroxyl groups is 1. The number of H-pyrrole nitrogens is 1. The van der Waals surface area contributed by atoms with Gasteiger partial charge < -0.3 is 36.9 Å². The van der Waals surface area contributed by atoms with Crippen LogP contribution in [0.25, 0.3) is 0 Å². The molecule has 1 aromatic heterocycles. The molecule has 36 heavy (non-hydrogen) atoms. The molecule has 0 fully saturated rings. The standard InChI is InChI=1S/C23H32N6O6S/c1-36-8-7-16(24)20(31)29-19(12-30)22(33)27-17(10-15-11-25-13-26-15)21(32)28-18(23(34)35)9-14-5-3-2-4-6-14/h2-6,11,13,16-19,30H,7-10,12,24H2,1H3,(H,25,26)(H,27,33)(H,28,32)(H,29,31)(H,34,35). The van der Waals surface area contributed by atoms with Crippen molar-refractivity contribution in [1.29, 1.82) is 0 Å². The first-order valence-electron chi connectivity index (χ1n) is 11.3. The van der Waals surface area contributed by atoms with Crippen LogP contribution in [0, 0.1) is 0 Å². The second kappa shape index (κ2) is 14.9. The third-order valence-corrected chi connectivity index (χ3v) is 5.94. The van der Waals surface area contributed by atoms with E-state index in [0.717, 1.165) is 0 Å². The molecule has 0 bridgehead atoms. The summed E-state index contributed by atoms with van der Waals surface area (Å²) in [4.78, 5) is 56.7. The summed E-state index contributed by atoms with van der Waals surface area (Å²) in [5.74, 6) is -2.77. The molecule has 0 saturated carbocycles. The topological polar surface area (TPSA) is 200 Å². The predicted octanol–water partition coefficient (Wildman–Crippen LogP) is -1.19. The van der Waals surface area contributed by atoms with Gasteiger partial charge in [-0.25, -0.2) is 9.78 Å². The van der Waals surface area contributed by atoms with E-state index in [0.29, 0.717) is 23.4 Å². The van der Waals surface area contributed by atoms with Gasteiger partial charge in [0.15, 0.2) is 0 Å². The number of aliphatic carboxylic acids is 1. The third-order valence-electron chi connectivity index (χ3n) is 5.29. The number of nitrogens with zero attached hydrogens (tertiary/aromatic N) is 1. The van der Waals surface area contributed by atoms with Crippen molar-refractivity contribution in [3.63, 3.8) is 0 Å². The maximum Gasteiger partial charge on any atom is 0.326 e. The van der Waals surface area contributed by atoms with Crippen LogP contribution >= 0.6 is 11.8 Å². The molecule has 4 unspecified atom stereocenters. The molecule has 196 valence electrons. The molecule has 12 nitrogen and oxygen atoms in total. The van der Waals surface area contributed by atoms with E-state index in [2.05, 4.69) is 25.9 Å². The second-order valence-electron chi connectivity index (χ2n) is 8.06. The van der Waals surface area contributed by atoms with Crippen LogP contribution in [0.4, 0.5) is 0 Å². The van der Waals surface area contributed by atoms with E-state index in [1.54, 1.807) is 30.3 Å². The number of aromatic nitrogens is 2. The number of nitrogens with two attached hydrogens (primary N) is 1. The van der Waals surface area contributed by atoms with Crippen molar-refractivity contribution >= 4 is 35.5 Å². The van der Waals surface area contributed by atoms with Crippen LogP contribution in [0.15, 0.2) is 42.9 Å².